The van der Waals surface area contributed by atoms with E-state index in [1.54, 1.807) is 0 Å². The molecule has 2 aromatic carbocycles. The molecule has 2 aromatic rings. The Morgan fingerprint density at radius 1 is 1.14 bits per heavy atom. The lowest BCUT2D eigenvalue weighted by atomic mass is 10.1. The van der Waals surface area contributed by atoms with Crippen LogP contribution in [0, 0.1) is 0 Å². The standard InChI is InChI=1S/C17H18N2O2S/c1-2-14(12-6-4-3-5-7-12)19-17(22)18-13-8-9-15-16(10-13)21-11-20-15/h3-10,14H,2,11H2,1H3,(H2,18,19,22)/t14-/m0/s1. The zero-order chi connectivity index (χ0) is 15.4. The predicted molar refractivity (Wildman–Crippen MR) is 91.4 cm³/mol. The number of benzene rings is 2. The van der Waals surface area contributed by atoms with Gasteiger partial charge >= 0.3 is 0 Å². The highest BCUT2D eigenvalue weighted by Gasteiger charge is 2.14. The first kappa shape index (κ1) is 14.7. The Hall–Kier alpha value is -2.27. The molecule has 0 aromatic heterocycles. The second-order valence-electron chi connectivity index (χ2n) is 5.04. The Balaban J connectivity index is 1.64. The van der Waals surface area contributed by atoms with E-state index in [1.165, 1.54) is 5.56 Å². The highest BCUT2D eigenvalue weighted by Crippen LogP contribution is 2.34. The van der Waals surface area contributed by atoms with Gasteiger partial charge in [-0.05, 0) is 36.3 Å². The molecule has 0 bridgehead atoms. The fourth-order valence-corrected chi connectivity index (χ4v) is 2.67. The first-order chi connectivity index (χ1) is 10.8. The zero-order valence-corrected chi connectivity index (χ0v) is 13.2. The van der Waals surface area contributed by atoms with Crippen LogP contribution in [0.4, 0.5) is 5.69 Å². The maximum Gasteiger partial charge on any atom is 0.231 e. The molecular formula is C17H18N2O2S. The number of anilines is 1. The van der Waals surface area contributed by atoms with E-state index in [2.05, 4.69) is 29.7 Å². The van der Waals surface area contributed by atoms with Crippen LogP contribution in [0.15, 0.2) is 48.5 Å². The summed E-state index contributed by atoms with van der Waals surface area (Å²) in [6, 6.07) is 16.2. The Labute approximate surface area is 135 Å². The lowest BCUT2D eigenvalue weighted by molar-refractivity contribution is 0.174. The topological polar surface area (TPSA) is 42.5 Å². The van der Waals surface area contributed by atoms with Gasteiger partial charge in [-0.15, -0.1) is 0 Å². The lowest BCUT2D eigenvalue weighted by Crippen LogP contribution is -2.32. The minimum atomic E-state index is 0.190. The van der Waals surface area contributed by atoms with Crippen molar-refractivity contribution in [1.82, 2.24) is 5.32 Å². The van der Waals surface area contributed by atoms with E-state index >= 15 is 0 Å². The van der Waals surface area contributed by atoms with Crippen LogP contribution in [0.25, 0.3) is 0 Å². The van der Waals surface area contributed by atoms with Crippen molar-refractivity contribution in [1.29, 1.82) is 0 Å². The first-order valence-corrected chi connectivity index (χ1v) is 7.69. The molecule has 0 spiro atoms. The highest BCUT2D eigenvalue weighted by atomic mass is 32.1. The van der Waals surface area contributed by atoms with Crippen LogP contribution in [0.3, 0.4) is 0 Å². The van der Waals surface area contributed by atoms with Crippen molar-refractivity contribution in [2.75, 3.05) is 12.1 Å². The molecule has 0 saturated carbocycles. The Kier molecular flexibility index (Phi) is 4.44. The number of thiocarbonyl (C=S) groups is 1. The van der Waals surface area contributed by atoms with Crippen LogP contribution in [0.2, 0.25) is 0 Å². The van der Waals surface area contributed by atoms with Crippen molar-refractivity contribution in [3.63, 3.8) is 0 Å². The predicted octanol–water partition coefficient (Wildman–Crippen LogP) is 3.85. The van der Waals surface area contributed by atoms with Crippen molar-refractivity contribution in [2.45, 2.75) is 19.4 Å². The molecule has 1 atom stereocenters. The van der Waals surface area contributed by atoms with Gasteiger partial charge in [-0.1, -0.05) is 37.3 Å². The van der Waals surface area contributed by atoms with Crippen LogP contribution in [-0.2, 0) is 0 Å². The Morgan fingerprint density at radius 2 is 1.91 bits per heavy atom. The van der Waals surface area contributed by atoms with Gasteiger partial charge in [0, 0.05) is 11.8 Å². The van der Waals surface area contributed by atoms with Crippen molar-refractivity contribution in [2.24, 2.45) is 0 Å². The summed E-state index contributed by atoms with van der Waals surface area (Å²) in [5.41, 5.74) is 2.10. The lowest BCUT2D eigenvalue weighted by Gasteiger charge is -2.20. The molecule has 1 aliphatic heterocycles. The van der Waals surface area contributed by atoms with Crippen molar-refractivity contribution in [3.8, 4) is 11.5 Å². The number of nitrogens with one attached hydrogen (secondary N) is 2. The van der Waals surface area contributed by atoms with Crippen LogP contribution >= 0.6 is 12.2 Å². The summed E-state index contributed by atoms with van der Waals surface area (Å²) in [5, 5.41) is 7.13. The number of hydrogen-bond acceptors (Lipinski definition) is 3. The number of rotatable bonds is 4. The van der Waals surface area contributed by atoms with Gasteiger partial charge in [0.2, 0.25) is 6.79 Å². The van der Waals surface area contributed by atoms with Crippen LogP contribution < -0.4 is 20.1 Å². The largest absolute Gasteiger partial charge is 0.454 e. The van der Waals surface area contributed by atoms with Crippen LogP contribution in [-0.4, -0.2) is 11.9 Å². The molecule has 0 amide bonds. The van der Waals surface area contributed by atoms with Crippen molar-refractivity contribution in [3.05, 3.63) is 54.1 Å². The molecule has 0 fully saturated rings. The molecule has 22 heavy (non-hydrogen) atoms. The smallest absolute Gasteiger partial charge is 0.231 e. The second-order valence-corrected chi connectivity index (χ2v) is 5.45. The monoisotopic (exact) mass is 314 g/mol. The quantitative estimate of drug-likeness (QED) is 0.839. The van der Waals surface area contributed by atoms with Gasteiger partial charge in [0.25, 0.3) is 0 Å². The summed E-state index contributed by atoms with van der Waals surface area (Å²) in [4.78, 5) is 0. The van der Waals surface area contributed by atoms with Gasteiger partial charge in [-0.25, -0.2) is 0 Å². The second kappa shape index (κ2) is 6.66. The number of fused-ring (bicyclic) bond motifs is 1. The van der Waals surface area contributed by atoms with Gasteiger partial charge in [-0.3, -0.25) is 0 Å². The normalized spacial score (nSPS) is 13.5. The maximum atomic E-state index is 5.41. The highest BCUT2D eigenvalue weighted by molar-refractivity contribution is 7.80. The molecule has 114 valence electrons. The minimum Gasteiger partial charge on any atom is -0.454 e. The van der Waals surface area contributed by atoms with Gasteiger partial charge in [0.1, 0.15) is 0 Å². The molecule has 1 heterocycles. The fourth-order valence-electron chi connectivity index (χ4n) is 2.41. The summed E-state index contributed by atoms with van der Waals surface area (Å²) < 4.78 is 10.7. The maximum absolute atomic E-state index is 5.41. The van der Waals surface area contributed by atoms with E-state index in [9.17, 15) is 0 Å². The summed E-state index contributed by atoms with van der Waals surface area (Å²) in [7, 11) is 0. The molecule has 5 heteroatoms. The van der Waals surface area contributed by atoms with Gasteiger partial charge in [-0.2, -0.15) is 0 Å². The third-order valence-corrected chi connectivity index (χ3v) is 3.77. The Bertz CT molecular complexity index is 661. The van der Waals surface area contributed by atoms with Crippen LogP contribution in [0.1, 0.15) is 24.9 Å². The van der Waals surface area contributed by atoms with Crippen molar-refractivity contribution < 1.29 is 9.47 Å². The molecule has 0 unspecified atom stereocenters. The van der Waals surface area contributed by atoms with Crippen molar-refractivity contribution >= 4 is 23.0 Å². The summed E-state index contributed by atoms with van der Waals surface area (Å²) >= 11 is 5.41. The molecule has 0 radical (unpaired) electrons. The molecule has 1 aliphatic rings. The average Bonchev–Trinajstić information content (AvgIpc) is 3.01. The van der Waals surface area contributed by atoms with Gasteiger partial charge in [0.05, 0.1) is 6.04 Å². The SMILES string of the molecule is CC[C@H](NC(=S)Nc1ccc2c(c1)OCO2)c1ccccc1. The molecule has 2 N–H and O–H groups in total. The van der Waals surface area contributed by atoms with E-state index in [1.807, 2.05) is 36.4 Å². The molecule has 0 aliphatic carbocycles. The fraction of sp³-hybridized carbons (Fsp3) is 0.235. The summed E-state index contributed by atoms with van der Waals surface area (Å²) in [5.74, 6) is 1.50. The number of ether oxygens (including phenoxy) is 2. The summed E-state index contributed by atoms with van der Waals surface area (Å²) in [6.45, 7) is 2.40. The van der Waals surface area contributed by atoms with Gasteiger partial charge < -0.3 is 20.1 Å². The van der Waals surface area contributed by atoms with E-state index in [0.717, 1.165) is 23.6 Å². The number of hydrogen-bond donors (Lipinski definition) is 2. The third kappa shape index (κ3) is 3.31. The Morgan fingerprint density at radius 3 is 2.68 bits per heavy atom. The zero-order valence-electron chi connectivity index (χ0n) is 12.3. The van der Waals surface area contributed by atoms with E-state index in [0.29, 0.717) is 5.11 Å². The molecule has 3 rings (SSSR count). The van der Waals surface area contributed by atoms with Crippen LogP contribution in [0.5, 0.6) is 11.5 Å². The summed E-state index contributed by atoms with van der Waals surface area (Å²) in [6.07, 6.45) is 0.951. The molecule has 4 nitrogen and oxygen atoms in total. The van der Waals surface area contributed by atoms with Gasteiger partial charge in [0.15, 0.2) is 16.6 Å². The van der Waals surface area contributed by atoms with E-state index in [4.69, 9.17) is 21.7 Å². The first-order valence-electron chi connectivity index (χ1n) is 7.28. The molecule has 0 saturated heterocycles. The third-order valence-electron chi connectivity index (χ3n) is 3.55. The van der Waals surface area contributed by atoms with E-state index in [-0.39, 0.29) is 12.8 Å². The average molecular weight is 314 g/mol. The molecular weight excluding hydrogens is 296 g/mol. The van der Waals surface area contributed by atoms with E-state index < -0.39 is 0 Å². The minimum absolute atomic E-state index is 0.190.